The van der Waals surface area contributed by atoms with Gasteiger partial charge in [0.05, 0.1) is 10.5 Å². The average Bonchev–Trinajstić information content (AvgIpc) is 2.47. The van der Waals surface area contributed by atoms with E-state index in [2.05, 4.69) is 5.32 Å². The Balaban J connectivity index is 2.26. The molecule has 2 aromatic carbocycles. The summed E-state index contributed by atoms with van der Waals surface area (Å²) in [5.74, 6) is -1.66. The van der Waals surface area contributed by atoms with Gasteiger partial charge < -0.3 is 10.4 Å². The number of hydrogen-bond acceptors (Lipinski definition) is 4. The van der Waals surface area contributed by atoms with Gasteiger partial charge in [0.25, 0.3) is 11.6 Å². The van der Waals surface area contributed by atoms with Crippen molar-refractivity contribution in [3.8, 4) is 0 Å². The average molecular weight is 300 g/mol. The zero-order chi connectivity index (χ0) is 16.3. The summed E-state index contributed by atoms with van der Waals surface area (Å²) in [7, 11) is 0. The van der Waals surface area contributed by atoms with Crippen LogP contribution < -0.4 is 5.32 Å². The number of carbonyl (C=O) groups is 2. The fourth-order valence-electron chi connectivity index (χ4n) is 1.88. The molecule has 0 radical (unpaired) electrons. The van der Waals surface area contributed by atoms with E-state index in [1.165, 1.54) is 42.5 Å². The molecule has 2 N–H and O–H groups in total. The van der Waals surface area contributed by atoms with Gasteiger partial charge in [-0.1, -0.05) is 12.1 Å². The molecule has 2 aromatic rings. The Kier molecular flexibility index (Phi) is 4.17. The molecule has 0 fully saturated rings. The van der Waals surface area contributed by atoms with E-state index in [1.54, 1.807) is 6.92 Å². The van der Waals surface area contributed by atoms with Crippen LogP contribution in [-0.4, -0.2) is 21.9 Å². The summed E-state index contributed by atoms with van der Waals surface area (Å²) >= 11 is 0. The standard InChI is InChI=1S/C15H12N2O5/c1-9-5-6-10(8-13(9)17(21)22)14(18)16-12-4-2-3-11(7-12)15(19)20/h2-8H,1H3,(H,16,18)(H,19,20). The molecule has 22 heavy (non-hydrogen) atoms. The number of nitro groups is 1. The van der Waals surface area contributed by atoms with E-state index < -0.39 is 16.8 Å². The number of carbonyl (C=O) groups excluding carboxylic acids is 1. The molecule has 7 nitrogen and oxygen atoms in total. The molecule has 0 aliphatic carbocycles. The molecule has 0 saturated heterocycles. The number of carboxylic acids is 1. The molecule has 0 atom stereocenters. The number of aromatic carboxylic acids is 1. The fraction of sp³-hybridized carbons (Fsp3) is 0.0667. The van der Waals surface area contributed by atoms with Crippen molar-refractivity contribution >= 4 is 23.3 Å². The summed E-state index contributed by atoms with van der Waals surface area (Å²) in [6.07, 6.45) is 0. The third kappa shape index (κ3) is 3.26. The smallest absolute Gasteiger partial charge is 0.335 e. The van der Waals surface area contributed by atoms with Crippen molar-refractivity contribution in [2.24, 2.45) is 0 Å². The van der Waals surface area contributed by atoms with Crippen molar-refractivity contribution in [2.45, 2.75) is 6.92 Å². The predicted molar refractivity (Wildman–Crippen MR) is 79.2 cm³/mol. The summed E-state index contributed by atoms with van der Waals surface area (Å²) in [4.78, 5) is 33.3. The van der Waals surface area contributed by atoms with Crippen LogP contribution in [0.5, 0.6) is 0 Å². The first-order valence-corrected chi connectivity index (χ1v) is 6.28. The molecule has 0 aliphatic rings. The Bertz CT molecular complexity index is 770. The van der Waals surface area contributed by atoms with Gasteiger partial charge >= 0.3 is 5.97 Å². The van der Waals surface area contributed by atoms with Crippen LogP contribution in [0.4, 0.5) is 11.4 Å². The third-order valence-corrected chi connectivity index (χ3v) is 3.04. The van der Waals surface area contributed by atoms with Crippen LogP contribution in [0.2, 0.25) is 0 Å². The van der Waals surface area contributed by atoms with Gasteiger partial charge in [-0.2, -0.15) is 0 Å². The molecule has 0 spiro atoms. The SMILES string of the molecule is Cc1ccc(C(=O)Nc2cccc(C(=O)O)c2)cc1[N+](=O)[O-]. The number of hydrogen-bond donors (Lipinski definition) is 2. The lowest BCUT2D eigenvalue weighted by Crippen LogP contribution is -2.13. The highest BCUT2D eigenvalue weighted by Crippen LogP contribution is 2.20. The second kappa shape index (κ2) is 6.04. The van der Waals surface area contributed by atoms with E-state index in [9.17, 15) is 19.7 Å². The molecule has 0 bridgehead atoms. The third-order valence-electron chi connectivity index (χ3n) is 3.04. The first kappa shape index (κ1) is 15.2. The first-order valence-electron chi connectivity index (χ1n) is 6.28. The van der Waals surface area contributed by atoms with Gasteiger partial charge in [0, 0.05) is 22.9 Å². The maximum atomic E-state index is 12.1. The number of nitrogens with zero attached hydrogens (tertiary/aromatic N) is 1. The van der Waals surface area contributed by atoms with Crippen LogP contribution in [-0.2, 0) is 0 Å². The number of nitrogens with one attached hydrogen (secondary N) is 1. The Morgan fingerprint density at radius 2 is 1.86 bits per heavy atom. The predicted octanol–water partition coefficient (Wildman–Crippen LogP) is 2.85. The Morgan fingerprint density at radius 1 is 1.14 bits per heavy atom. The fourth-order valence-corrected chi connectivity index (χ4v) is 1.88. The number of aryl methyl sites for hydroxylation is 1. The van der Waals surface area contributed by atoms with Gasteiger partial charge in [0.2, 0.25) is 0 Å². The highest BCUT2D eigenvalue weighted by Gasteiger charge is 2.15. The maximum absolute atomic E-state index is 12.1. The number of benzene rings is 2. The topological polar surface area (TPSA) is 110 Å². The second-order valence-electron chi connectivity index (χ2n) is 4.60. The van der Waals surface area contributed by atoms with Gasteiger partial charge in [-0.25, -0.2) is 4.79 Å². The highest BCUT2D eigenvalue weighted by atomic mass is 16.6. The molecule has 1 amide bonds. The van der Waals surface area contributed by atoms with Gasteiger partial charge in [-0.3, -0.25) is 14.9 Å². The van der Waals surface area contributed by atoms with Gasteiger partial charge in [-0.05, 0) is 31.2 Å². The van der Waals surface area contributed by atoms with Crippen LogP contribution in [0, 0.1) is 17.0 Å². The quantitative estimate of drug-likeness (QED) is 0.666. The van der Waals surface area contributed by atoms with Crippen LogP contribution in [0.3, 0.4) is 0 Å². The van der Waals surface area contributed by atoms with Crippen molar-refractivity contribution in [1.82, 2.24) is 0 Å². The molecule has 0 aromatic heterocycles. The van der Waals surface area contributed by atoms with Gasteiger partial charge in [0.15, 0.2) is 0 Å². The number of nitro benzene ring substituents is 1. The van der Waals surface area contributed by atoms with Crippen LogP contribution >= 0.6 is 0 Å². The summed E-state index contributed by atoms with van der Waals surface area (Å²) < 4.78 is 0. The zero-order valence-corrected chi connectivity index (χ0v) is 11.6. The lowest BCUT2D eigenvalue weighted by molar-refractivity contribution is -0.385. The minimum absolute atomic E-state index is 0.0349. The van der Waals surface area contributed by atoms with E-state index in [0.29, 0.717) is 11.3 Å². The normalized spacial score (nSPS) is 10.0. The first-order chi connectivity index (χ1) is 10.4. The highest BCUT2D eigenvalue weighted by molar-refractivity contribution is 6.05. The number of anilines is 1. The van der Waals surface area contributed by atoms with Crippen molar-refractivity contribution < 1.29 is 19.6 Å². The van der Waals surface area contributed by atoms with Crippen LogP contribution in [0.25, 0.3) is 0 Å². The van der Waals surface area contributed by atoms with Crippen LogP contribution in [0.1, 0.15) is 26.3 Å². The molecule has 0 unspecified atom stereocenters. The van der Waals surface area contributed by atoms with Gasteiger partial charge in [0.1, 0.15) is 0 Å². The molecule has 112 valence electrons. The minimum atomic E-state index is -1.11. The molecular weight excluding hydrogens is 288 g/mol. The molecule has 0 aliphatic heterocycles. The second-order valence-corrected chi connectivity index (χ2v) is 4.60. The maximum Gasteiger partial charge on any atom is 0.335 e. The van der Waals surface area contributed by atoms with E-state index >= 15 is 0 Å². The Hall–Kier alpha value is -3.22. The zero-order valence-electron chi connectivity index (χ0n) is 11.6. The summed E-state index contributed by atoms with van der Waals surface area (Å²) in [5, 5.41) is 22.3. The molecule has 0 saturated carbocycles. The molecule has 7 heteroatoms. The van der Waals surface area contributed by atoms with Crippen molar-refractivity contribution in [2.75, 3.05) is 5.32 Å². The molecular formula is C15H12N2O5. The largest absolute Gasteiger partial charge is 0.478 e. The lowest BCUT2D eigenvalue weighted by atomic mass is 10.1. The minimum Gasteiger partial charge on any atom is -0.478 e. The van der Waals surface area contributed by atoms with Crippen molar-refractivity contribution in [1.29, 1.82) is 0 Å². The van der Waals surface area contributed by atoms with Crippen molar-refractivity contribution in [3.05, 3.63) is 69.3 Å². The van der Waals surface area contributed by atoms with E-state index in [0.717, 1.165) is 0 Å². The number of carboxylic acid groups (broad SMARTS) is 1. The number of rotatable bonds is 4. The molecule has 0 heterocycles. The molecule has 2 rings (SSSR count). The Morgan fingerprint density at radius 3 is 2.50 bits per heavy atom. The monoisotopic (exact) mass is 300 g/mol. The van der Waals surface area contributed by atoms with Crippen molar-refractivity contribution in [3.63, 3.8) is 0 Å². The lowest BCUT2D eigenvalue weighted by Gasteiger charge is -2.07. The Labute approximate surface area is 125 Å². The van der Waals surface area contributed by atoms with Crippen LogP contribution in [0.15, 0.2) is 42.5 Å². The van der Waals surface area contributed by atoms with E-state index in [-0.39, 0.29) is 16.8 Å². The van der Waals surface area contributed by atoms with Gasteiger partial charge in [-0.15, -0.1) is 0 Å². The summed E-state index contributed by atoms with van der Waals surface area (Å²) in [6.45, 7) is 1.58. The number of amides is 1. The van der Waals surface area contributed by atoms with E-state index in [1.807, 2.05) is 0 Å². The van der Waals surface area contributed by atoms with E-state index in [4.69, 9.17) is 5.11 Å². The summed E-state index contributed by atoms with van der Waals surface area (Å²) in [5.41, 5.74) is 0.764. The summed E-state index contributed by atoms with van der Waals surface area (Å²) in [6, 6.07) is 9.88.